The van der Waals surface area contributed by atoms with E-state index in [0.717, 1.165) is 6.07 Å². The largest absolute Gasteiger partial charge is 0.396 e. The maximum Gasteiger partial charge on any atom is 0.137 e. The Labute approximate surface area is 120 Å². The van der Waals surface area contributed by atoms with Crippen molar-refractivity contribution in [2.75, 3.05) is 13.2 Å². The highest BCUT2D eigenvalue weighted by Crippen LogP contribution is 2.41. The third-order valence-electron chi connectivity index (χ3n) is 3.78. The topological polar surface area (TPSA) is 60.2 Å². The van der Waals surface area contributed by atoms with Crippen LogP contribution < -0.4 is 0 Å². The second-order valence-corrected chi connectivity index (χ2v) is 5.28. The molecule has 2 atom stereocenters. The van der Waals surface area contributed by atoms with E-state index in [0.29, 0.717) is 13.0 Å². The highest BCUT2D eigenvalue weighted by molar-refractivity contribution is 5.26. The van der Waals surface area contributed by atoms with E-state index < -0.39 is 17.2 Å². The zero-order chi connectivity index (χ0) is 14.9. The summed E-state index contributed by atoms with van der Waals surface area (Å²) < 4.78 is 34.7. The molecule has 1 fully saturated rings. The molecular formula is C14H15F2N3O2. The second-order valence-electron chi connectivity index (χ2n) is 5.28. The molecule has 1 aliphatic rings. The molecule has 2 aromatic rings. The van der Waals surface area contributed by atoms with Gasteiger partial charge in [-0.05, 0) is 12.5 Å². The van der Waals surface area contributed by atoms with E-state index in [-0.39, 0.29) is 24.6 Å². The summed E-state index contributed by atoms with van der Waals surface area (Å²) in [5.41, 5.74) is -0.700. The van der Waals surface area contributed by atoms with Gasteiger partial charge in [-0.25, -0.2) is 18.4 Å². The predicted molar refractivity (Wildman–Crippen MR) is 69.2 cm³/mol. The van der Waals surface area contributed by atoms with Crippen molar-refractivity contribution in [3.8, 4) is 0 Å². The number of ether oxygens (including phenoxy) is 1. The van der Waals surface area contributed by atoms with Gasteiger partial charge in [-0.2, -0.15) is 5.10 Å². The predicted octanol–water partition coefficient (Wildman–Crippen LogP) is 1.48. The van der Waals surface area contributed by atoms with Crippen LogP contribution in [-0.4, -0.2) is 33.1 Å². The molecule has 1 aliphatic heterocycles. The first-order chi connectivity index (χ1) is 10.1. The maximum atomic E-state index is 14.2. The van der Waals surface area contributed by atoms with E-state index in [1.165, 1.54) is 24.8 Å². The van der Waals surface area contributed by atoms with Gasteiger partial charge in [0.05, 0.1) is 13.2 Å². The van der Waals surface area contributed by atoms with Crippen molar-refractivity contribution in [2.24, 2.45) is 5.92 Å². The molecule has 3 rings (SSSR count). The van der Waals surface area contributed by atoms with Crippen LogP contribution in [0.3, 0.4) is 0 Å². The fraction of sp³-hybridized carbons (Fsp3) is 0.429. The number of halogens is 2. The van der Waals surface area contributed by atoms with Crippen molar-refractivity contribution < 1.29 is 18.6 Å². The molecule has 0 aliphatic carbocycles. The number of aliphatic hydroxyl groups is 1. The minimum atomic E-state index is -0.973. The summed E-state index contributed by atoms with van der Waals surface area (Å²) in [6.45, 7) is 0.538. The number of hydrogen-bond donors (Lipinski definition) is 1. The van der Waals surface area contributed by atoms with Gasteiger partial charge in [-0.3, -0.25) is 0 Å². The van der Waals surface area contributed by atoms with E-state index in [1.807, 2.05) is 0 Å². The molecule has 0 radical (unpaired) electrons. The summed E-state index contributed by atoms with van der Waals surface area (Å²) >= 11 is 0. The summed E-state index contributed by atoms with van der Waals surface area (Å²) in [6, 6.07) is 3.44. The standard InChI is InChI=1S/C14H15F2N3O2/c15-11-1-2-12(13(16)3-11)14(4-10(5-20)6-21-14)7-19-9-17-8-18-19/h1-3,8-10,20H,4-7H2/t10-,14-/m1/s1. The molecule has 2 heterocycles. The average Bonchev–Trinajstić information content (AvgIpc) is 3.09. The lowest BCUT2D eigenvalue weighted by molar-refractivity contribution is -0.0207. The molecule has 1 aromatic carbocycles. The van der Waals surface area contributed by atoms with Crippen molar-refractivity contribution in [1.82, 2.24) is 14.8 Å². The monoisotopic (exact) mass is 295 g/mol. The van der Waals surface area contributed by atoms with Crippen LogP contribution in [0.4, 0.5) is 8.78 Å². The normalized spacial score (nSPS) is 25.4. The number of hydrogen-bond acceptors (Lipinski definition) is 4. The van der Waals surface area contributed by atoms with Crippen LogP contribution in [0, 0.1) is 17.6 Å². The van der Waals surface area contributed by atoms with Gasteiger partial charge < -0.3 is 9.84 Å². The van der Waals surface area contributed by atoms with Gasteiger partial charge in [0.25, 0.3) is 0 Å². The SMILES string of the molecule is OC[C@@H]1CO[C@](Cn2cncn2)(c2ccc(F)cc2F)C1. The smallest absolute Gasteiger partial charge is 0.137 e. The highest BCUT2D eigenvalue weighted by Gasteiger charge is 2.44. The molecule has 1 N–H and O–H groups in total. The Morgan fingerprint density at radius 2 is 2.29 bits per heavy atom. The van der Waals surface area contributed by atoms with E-state index >= 15 is 0 Å². The van der Waals surface area contributed by atoms with Crippen LogP contribution in [0.5, 0.6) is 0 Å². The first-order valence-corrected chi connectivity index (χ1v) is 6.66. The lowest BCUT2D eigenvalue weighted by Gasteiger charge is -2.29. The van der Waals surface area contributed by atoms with Crippen LogP contribution >= 0.6 is 0 Å². The third-order valence-corrected chi connectivity index (χ3v) is 3.78. The molecule has 7 heteroatoms. The van der Waals surface area contributed by atoms with Gasteiger partial charge in [0.15, 0.2) is 0 Å². The Balaban J connectivity index is 1.99. The van der Waals surface area contributed by atoms with Crippen LogP contribution in [0.1, 0.15) is 12.0 Å². The Kier molecular flexibility index (Phi) is 3.69. The summed E-state index contributed by atoms with van der Waals surface area (Å²) in [5.74, 6) is -1.38. The summed E-state index contributed by atoms with van der Waals surface area (Å²) in [6.07, 6.45) is 3.33. The lowest BCUT2D eigenvalue weighted by atomic mass is 9.87. The number of aromatic nitrogens is 3. The Morgan fingerprint density at radius 1 is 1.43 bits per heavy atom. The van der Waals surface area contributed by atoms with Crippen molar-refractivity contribution in [1.29, 1.82) is 0 Å². The Morgan fingerprint density at radius 3 is 2.90 bits per heavy atom. The molecule has 0 spiro atoms. The van der Waals surface area contributed by atoms with E-state index in [9.17, 15) is 13.9 Å². The summed E-state index contributed by atoms with van der Waals surface area (Å²) in [4.78, 5) is 3.86. The molecule has 112 valence electrons. The van der Waals surface area contributed by atoms with E-state index in [1.54, 1.807) is 4.68 Å². The minimum Gasteiger partial charge on any atom is -0.396 e. The van der Waals surface area contributed by atoms with Crippen molar-refractivity contribution in [3.05, 3.63) is 48.1 Å². The first kappa shape index (κ1) is 14.1. The Bertz CT molecular complexity index is 621. The zero-order valence-corrected chi connectivity index (χ0v) is 11.2. The zero-order valence-electron chi connectivity index (χ0n) is 11.2. The molecule has 0 amide bonds. The molecule has 21 heavy (non-hydrogen) atoms. The first-order valence-electron chi connectivity index (χ1n) is 6.66. The van der Waals surface area contributed by atoms with Gasteiger partial charge in [0, 0.05) is 24.2 Å². The van der Waals surface area contributed by atoms with Crippen LogP contribution in [0.2, 0.25) is 0 Å². The number of aliphatic hydroxyl groups excluding tert-OH is 1. The number of benzene rings is 1. The third kappa shape index (κ3) is 2.66. The van der Waals surface area contributed by atoms with Gasteiger partial charge in [-0.1, -0.05) is 6.07 Å². The lowest BCUT2D eigenvalue weighted by Crippen LogP contribution is -2.32. The highest BCUT2D eigenvalue weighted by atomic mass is 19.1. The van der Waals surface area contributed by atoms with Crippen LogP contribution in [0.15, 0.2) is 30.9 Å². The van der Waals surface area contributed by atoms with Crippen LogP contribution in [0.25, 0.3) is 0 Å². The average molecular weight is 295 g/mol. The maximum absolute atomic E-state index is 14.2. The van der Waals surface area contributed by atoms with Crippen molar-refractivity contribution in [2.45, 2.75) is 18.6 Å². The molecule has 0 unspecified atom stereocenters. The van der Waals surface area contributed by atoms with Crippen LogP contribution in [-0.2, 0) is 16.9 Å². The van der Waals surface area contributed by atoms with E-state index in [4.69, 9.17) is 4.74 Å². The van der Waals surface area contributed by atoms with Crippen molar-refractivity contribution >= 4 is 0 Å². The van der Waals surface area contributed by atoms with E-state index in [2.05, 4.69) is 10.1 Å². The molecule has 1 aromatic heterocycles. The van der Waals surface area contributed by atoms with Gasteiger partial charge in [0.1, 0.15) is 29.9 Å². The van der Waals surface area contributed by atoms with Gasteiger partial charge in [0.2, 0.25) is 0 Å². The molecule has 5 nitrogen and oxygen atoms in total. The van der Waals surface area contributed by atoms with Gasteiger partial charge in [-0.15, -0.1) is 0 Å². The molecule has 0 bridgehead atoms. The van der Waals surface area contributed by atoms with Gasteiger partial charge >= 0.3 is 0 Å². The van der Waals surface area contributed by atoms with Crippen molar-refractivity contribution in [3.63, 3.8) is 0 Å². The minimum absolute atomic E-state index is 0.0398. The molecule has 1 saturated heterocycles. The summed E-state index contributed by atoms with van der Waals surface area (Å²) in [7, 11) is 0. The number of nitrogens with zero attached hydrogens (tertiary/aromatic N) is 3. The second kappa shape index (κ2) is 5.50. The fourth-order valence-corrected chi connectivity index (χ4v) is 2.80. The number of rotatable bonds is 4. The molecule has 0 saturated carbocycles. The Hall–Kier alpha value is -1.86. The quantitative estimate of drug-likeness (QED) is 0.928. The summed E-state index contributed by atoms with van der Waals surface area (Å²) in [5, 5.41) is 13.3. The fourth-order valence-electron chi connectivity index (χ4n) is 2.80. The molecular weight excluding hydrogens is 280 g/mol.